The van der Waals surface area contributed by atoms with E-state index in [0.29, 0.717) is 0 Å². The van der Waals surface area contributed by atoms with Crippen LogP contribution in [0.2, 0.25) is 0 Å². The number of aromatic nitrogens is 2. The highest BCUT2D eigenvalue weighted by Crippen LogP contribution is 2.11. The van der Waals surface area contributed by atoms with Crippen molar-refractivity contribution in [2.45, 2.75) is 6.80 Å². The number of benzene rings is 1. The van der Waals surface area contributed by atoms with E-state index in [1.165, 1.54) is 4.68 Å². The Kier molecular flexibility index (Phi) is 1.35. The van der Waals surface area contributed by atoms with Crippen LogP contribution in [-0.4, -0.2) is 9.78 Å². The third-order valence-electron chi connectivity index (χ3n) is 1.66. The summed E-state index contributed by atoms with van der Waals surface area (Å²) < 4.78 is 13.5. The van der Waals surface area contributed by atoms with Crippen molar-refractivity contribution in [3.63, 3.8) is 0 Å². The van der Waals surface area contributed by atoms with Gasteiger partial charge in [-0.2, -0.15) is 5.10 Å². The Hall–Kier alpha value is -1.38. The maximum atomic E-state index is 12.2. The minimum atomic E-state index is -0.562. The molecule has 2 aromatic rings. The SMILES string of the molecule is FCn1ncc2ccccc21. The van der Waals surface area contributed by atoms with Gasteiger partial charge in [-0.25, -0.2) is 9.07 Å². The number of nitrogens with zero attached hydrogens (tertiary/aromatic N) is 2. The molecule has 3 heteroatoms. The second kappa shape index (κ2) is 2.34. The van der Waals surface area contributed by atoms with Crippen LogP contribution >= 0.6 is 0 Å². The monoisotopic (exact) mass is 150 g/mol. The van der Waals surface area contributed by atoms with Crippen molar-refractivity contribution in [3.05, 3.63) is 30.5 Å². The van der Waals surface area contributed by atoms with E-state index < -0.39 is 6.80 Å². The van der Waals surface area contributed by atoms with Crippen LogP contribution in [0.25, 0.3) is 10.9 Å². The molecule has 0 atom stereocenters. The van der Waals surface area contributed by atoms with Crippen LogP contribution in [0, 0.1) is 0 Å². The Morgan fingerprint density at radius 2 is 2.18 bits per heavy atom. The highest BCUT2D eigenvalue weighted by Gasteiger charge is 1.98. The average molecular weight is 150 g/mol. The molecular weight excluding hydrogens is 143 g/mol. The first-order valence-electron chi connectivity index (χ1n) is 3.38. The molecule has 1 heterocycles. The summed E-state index contributed by atoms with van der Waals surface area (Å²) in [6.45, 7) is -0.562. The van der Waals surface area contributed by atoms with E-state index in [1.807, 2.05) is 24.3 Å². The van der Waals surface area contributed by atoms with Gasteiger partial charge >= 0.3 is 0 Å². The summed E-state index contributed by atoms with van der Waals surface area (Å²) in [7, 11) is 0. The van der Waals surface area contributed by atoms with Gasteiger partial charge in [0.25, 0.3) is 0 Å². The van der Waals surface area contributed by atoms with Gasteiger partial charge in [0.05, 0.1) is 11.7 Å². The minimum absolute atomic E-state index is 0.562. The number of hydrogen-bond acceptors (Lipinski definition) is 1. The Balaban J connectivity index is 2.76. The molecule has 0 saturated heterocycles. The fourth-order valence-corrected chi connectivity index (χ4v) is 1.12. The van der Waals surface area contributed by atoms with Crippen LogP contribution < -0.4 is 0 Å². The lowest BCUT2D eigenvalue weighted by Crippen LogP contribution is -1.93. The molecule has 56 valence electrons. The summed E-state index contributed by atoms with van der Waals surface area (Å²) in [5, 5.41) is 4.83. The van der Waals surface area contributed by atoms with Crippen molar-refractivity contribution in [3.8, 4) is 0 Å². The standard InChI is InChI=1S/C8H7FN2/c9-6-11-8-4-2-1-3-7(8)5-10-11/h1-5H,6H2. The van der Waals surface area contributed by atoms with Crippen LogP contribution in [0.15, 0.2) is 30.5 Å². The number of halogens is 1. The average Bonchev–Trinajstić information content (AvgIpc) is 2.47. The summed E-state index contributed by atoms with van der Waals surface area (Å²) in [6, 6.07) is 7.54. The molecule has 0 aliphatic heterocycles. The maximum absolute atomic E-state index is 12.2. The molecule has 1 aromatic heterocycles. The quantitative estimate of drug-likeness (QED) is 0.607. The van der Waals surface area contributed by atoms with Gasteiger partial charge in [-0.15, -0.1) is 0 Å². The Bertz CT molecular complexity index is 367. The zero-order valence-electron chi connectivity index (χ0n) is 5.87. The minimum Gasteiger partial charge on any atom is -0.234 e. The van der Waals surface area contributed by atoms with Gasteiger partial charge < -0.3 is 0 Å². The normalized spacial score (nSPS) is 10.6. The Morgan fingerprint density at radius 1 is 1.36 bits per heavy atom. The van der Waals surface area contributed by atoms with Crippen LogP contribution in [0.3, 0.4) is 0 Å². The van der Waals surface area contributed by atoms with Gasteiger partial charge in [0.1, 0.15) is 0 Å². The van der Waals surface area contributed by atoms with E-state index >= 15 is 0 Å². The van der Waals surface area contributed by atoms with E-state index in [2.05, 4.69) is 5.10 Å². The molecule has 1 aromatic carbocycles. The third kappa shape index (κ3) is 0.888. The maximum Gasteiger partial charge on any atom is 0.182 e. The topological polar surface area (TPSA) is 17.8 Å². The van der Waals surface area contributed by atoms with Crippen molar-refractivity contribution < 1.29 is 4.39 Å². The summed E-state index contributed by atoms with van der Waals surface area (Å²) in [5.41, 5.74) is 0.843. The van der Waals surface area contributed by atoms with Crippen LogP contribution in [0.4, 0.5) is 4.39 Å². The predicted molar refractivity (Wildman–Crippen MR) is 40.8 cm³/mol. The van der Waals surface area contributed by atoms with Gasteiger partial charge in [0.2, 0.25) is 0 Å². The molecule has 2 nitrogen and oxygen atoms in total. The number of para-hydroxylation sites is 1. The molecule has 0 N–H and O–H groups in total. The number of alkyl halides is 1. The molecule has 0 fully saturated rings. The summed E-state index contributed by atoms with van der Waals surface area (Å²) in [5.74, 6) is 0. The van der Waals surface area contributed by atoms with E-state index in [9.17, 15) is 4.39 Å². The van der Waals surface area contributed by atoms with Gasteiger partial charge in [0.15, 0.2) is 6.80 Å². The van der Waals surface area contributed by atoms with E-state index in [1.54, 1.807) is 6.20 Å². The second-order valence-electron chi connectivity index (χ2n) is 2.32. The fraction of sp³-hybridized carbons (Fsp3) is 0.125. The highest BCUT2D eigenvalue weighted by molar-refractivity contribution is 5.78. The molecule has 0 amide bonds. The van der Waals surface area contributed by atoms with Gasteiger partial charge in [-0.3, -0.25) is 0 Å². The third-order valence-corrected chi connectivity index (χ3v) is 1.66. The molecular formula is C8H7FN2. The van der Waals surface area contributed by atoms with Gasteiger partial charge in [0, 0.05) is 5.39 Å². The number of fused-ring (bicyclic) bond motifs is 1. The van der Waals surface area contributed by atoms with Crippen molar-refractivity contribution in [2.75, 3.05) is 0 Å². The molecule has 0 aliphatic carbocycles. The van der Waals surface area contributed by atoms with Gasteiger partial charge in [-0.05, 0) is 6.07 Å². The molecule has 2 rings (SSSR count). The van der Waals surface area contributed by atoms with Crippen molar-refractivity contribution >= 4 is 10.9 Å². The lowest BCUT2D eigenvalue weighted by molar-refractivity contribution is 0.358. The summed E-state index contributed by atoms with van der Waals surface area (Å²) in [4.78, 5) is 0. The summed E-state index contributed by atoms with van der Waals surface area (Å²) >= 11 is 0. The van der Waals surface area contributed by atoms with Crippen molar-refractivity contribution in [1.82, 2.24) is 9.78 Å². The lowest BCUT2D eigenvalue weighted by atomic mass is 10.3. The van der Waals surface area contributed by atoms with Crippen LogP contribution in [0.5, 0.6) is 0 Å². The smallest absolute Gasteiger partial charge is 0.182 e. The highest BCUT2D eigenvalue weighted by atomic mass is 19.1. The molecule has 11 heavy (non-hydrogen) atoms. The van der Waals surface area contributed by atoms with E-state index in [4.69, 9.17) is 0 Å². The molecule has 0 unspecified atom stereocenters. The summed E-state index contributed by atoms with van der Waals surface area (Å²) in [6.07, 6.45) is 1.66. The molecule has 0 radical (unpaired) electrons. The van der Waals surface area contributed by atoms with E-state index in [-0.39, 0.29) is 0 Å². The largest absolute Gasteiger partial charge is 0.234 e. The zero-order valence-corrected chi connectivity index (χ0v) is 5.87. The predicted octanol–water partition coefficient (Wildman–Crippen LogP) is 1.96. The number of hydrogen-bond donors (Lipinski definition) is 0. The van der Waals surface area contributed by atoms with Crippen LogP contribution in [-0.2, 0) is 6.80 Å². The Morgan fingerprint density at radius 3 is 3.00 bits per heavy atom. The van der Waals surface area contributed by atoms with Crippen LogP contribution in [0.1, 0.15) is 0 Å². The second-order valence-corrected chi connectivity index (χ2v) is 2.32. The lowest BCUT2D eigenvalue weighted by Gasteiger charge is -1.93. The Labute approximate surface area is 63.3 Å². The van der Waals surface area contributed by atoms with E-state index in [0.717, 1.165) is 10.9 Å². The molecule has 0 bridgehead atoms. The molecule has 0 saturated carbocycles. The zero-order chi connectivity index (χ0) is 7.68. The first-order chi connectivity index (χ1) is 5.42. The fourth-order valence-electron chi connectivity index (χ4n) is 1.12. The number of rotatable bonds is 1. The van der Waals surface area contributed by atoms with Crippen molar-refractivity contribution in [1.29, 1.82) is 0 Å². The molecule has 0 aliphatic rings. The first kappa shape index (κ1) is 6.34. The first-order valence-corrected chi connectivity index (χ1v) is 3.38. The molecule has 0 spiro atoms. The van der Waals surface area contributed by atoms with Crippen molar-refractivity contribution in [2.24, 2.45) is 0 Å². The van der Waals surface area contributed by atoms with Gasteiger partial charge in [-0.1, -0.05) is 18.2 Å².